The average molecular weight is 212 g/mol. The number of piperazine rings is 1. The van der Waals surface area contributed by atoms with Gasteiger partial charge in [-0.3, -0.25) is 4.79 Å². The molecule has 2 rings (SSSR count). The molecular formula is C10H20N4O. The molecule has 0 saturated carbocycles. The fourth-order valence-electron chi connectivity index (χ4n) is 2.09. The van der Waals surface area contributed by atoms with Crippen molar-refractivity contribution < 1.29 is 4.79 Å². The zero-order valence-corrected chi connectivity index (χ0v) is 9.33. The Kier molecular flexibility index (Phi) is 3.56. The molecule has 86 valence electrons. The number of carbonyl (C=O) groups is 1. The summed E-state index contributed by atoms with van der Waals surface area (Å²) in [4.78, 5) is 15.9. The summed E-state index contributed by atoms with van der Waals surface area (Å²) in [6, 6.07) is 0.516. The van der Waals surface area contributed by atoms with Crippen molar-refractivity contribution in [1.29, 1.82) is 0 Å². The van der Waals surface area contributed by atoms with E-state index in [1.54, 1.807) is 0 Å². The average Bonchev–Trinajstić information content (AvgIpc) is 2.23. The Hall–Kier alpha value is -0.650. The van der Waals surface area contributed by atoms with Crippen molar-refractivity contribution in [3.8, 4) is 0 Å². The third-order valence-corrected chi connectivity index (χ3v) is 3.08. The molecule has 0 unspecified atom stereocenters. The lowest BCUT2D eigenvalue weighted by molar-refractivity contribution is -0.131. The minimum Gasteiger partial charge on any atom is -0.339 e. The smallest absolute Gasteiger partial charge is 0.236 e. The van der Waals surface area contributed by atoms with Crippen molar-refractivity contribution in [1.82, 2.24) is 20.4 Å². The molecule has 15 heavy (non-hydrogen) atoms. The van der Waals surface area contributed by atoms with Crippen LogP contribution in [0.4, 0.5) is 0 Å². The Morgan fingerprint density at radius 3 is 2.67 bits per heavy atom. The maximum absolute atomic E-state index is 11.7. The van der Waals surface area contributed by atoms with Gasteiger partial charge in [0, 0.05) is 45.3 Å². The van der Waals surface area contributed by atoms with Gasteiger partial charge in [0.15, 0.2) is 0 Å². The topological polar surface area (TPSA) is 47.6 Å². The molecule has 0 aromatic rings. The molecule has 0 atom stereocenters. The monoisotopic (exact) mass is 212 g/mol. The van der Waals surface area contributed by atoms with Crippen LogP contribution in [-0.4, -0.2) is 74.6 Å². The zero-order chi connectivity index (χ0) is 10.7. The van der Waals surface area contributed by atoms with Crippen molar-refractivity contribution in [3.05, 3.63) is 0 Å². The Morgan fingerprint density at radius 1 is 1.40 bits per heavy atom. The Balaban J connectivity index is 1.63. The lowest BCUT2D eigenvalue weighted by atomic mass is 10.1. The first kappa shape index (κ1) is 10.9. The van der Waals surface area contributed by atoms with Crippen LogP contribution in [0.15, 0.2) is 0 Å². The van der Waals surface area contributed by atoms with Crippen LogP contribution < -0.4 is 10.6 Å². The largest absolute Gasteiger partial charge is 0.339 e. The molecule has 5 nitrogen and oxygen atoms in total. The second kappa shape index (κ2) is 4.92. The van der Waals surface area contributed by atoms with Gasteiger partial charge in [0.25, 0.3) is 0 Å². The first-order valence-corrected chi connectivity index (χ1v) is 5.66. The Labute approximate surface area is 90.8 Å². The summed E-state index contributed by atoms with van der Waals surface area (Å²) in [7, 11) is 2.09. The van der Waals surface area contributed by atoms with Gasteiger partial charge < -0.3 is 20.4 Å². The quantitative estimate of drug-likeness (QED) is 0.587. The van der Waals surface area contributed by atoms with E-state index in [-0.39, 0.29) is 5.91 Å². The van der Waals surface area contributed by atoms with Gasteiger partial charge in [-0.2, -0.15) is 0 Å². The van der Waals surface area contributed by atoms with E-state index in [0.717, 1.165) is 39.3 Å². The molecule has 1 amide bonds. The summed E-state index contributed by atoms with van der Waals surface area (Å²) >= 11 is 0. The second-order valence-electron chi connectivity index (χ2n) is 4.43. The van der Waals surface area contributed by atoms with E-state index in [1.807, 2.05) is 4.90 Å². The molecular weight excluding hydrogens is 192 g/mol. The summed E-state index contributed by atoms with van der Waals surface area (Å²) in [5.41, 5.74) is 0. The van der Waals surface area contributed by atoms with Crippen LogP contribution in [0.25, 0.3) is 0 Å². The normalized spacial score (nSPS) is 23.9. The number of likely N-dealkylation sites (N-methyl/N-ethyl adjacent to an activating group) is 1. The van der Waals surface area contributed by atoms with E-state index >= 15 is 0 Å². The molecule has 0 aromatic carbocycles. The van der Waals surface area contributed by atoms with Crippen LogP contribution in [0.3, 0.4) is 0 Å². The van der Waals surface area contributed by atoms with Gasteiger partial charge in [0.2, 0.25) is 5.91 Å². The minimum absolute atomic E-state index is 0.242. The molecule has 5 heteroatoms. The molecule has 2 N–H and O–H groups in total. The molecule has 2 saturated heterocycles. The standard InChI is InChI=1S/C10H20N4O/c1-13-7-9(8-13)12-6-10(15)14-4-2-11-3-5-14/h9,11-12H,2-8H2,1H3. The third kappa shape index (κ3) is 2.90. The highest BCUT2D eigenvalue weighted by molar-refractivity contribution is 5.78. The highest BCUT2D eigenvalue weighted by atomic mass is 16.2. The number of rotatable bonds is 3. The molecule has 0 aromatic heterocycles. The van der Waals surface area contributed by atoms with Crippen LogP contribution in [0, 0.1) is 0 Å². The molecule has 0 bridgehead atoms. The predicted molar refractivity (Wildman–Crippen MR) is 58.7 cm³/mol. The number of amides is 1. The maximum atomic E-state index is 11.7. The van der Waals surface area contributed by atoms with Crippen molar-refractivity contribution in [2.75, 3.05) is 52.9 Å². The number of hydrogen-bond acceptors (Lipinski definition) is 4. The van der Waals surface area contributed by atoms with Crippen molar-refractivity contribution in [3.63, 3.8) is 0 Å². The Morgan fingerprint density at radius 2 is 2.07 bits per heavy atom. The van der Waals surface area contributed by atoms with Gasteiger partial charge in [0.1, 0.15) is 0 Å². The van der Waals surface area contributed by atoms with E-state index in [4.69, 9.17) is 0 Å². The summed E-state index contributed by atoms with van der Waals surface area (Å²) in [6.45, 7) is 6.19. The van der Waals surface area contributed by atoms with Crippen LogP contribution in [0.5, 0.6) is 0 Å². The minimum atomic E-state index is 0.242. The fraction of sp³-hybridized carbons (Fsp3) is 0.900. The molecule has 2 fully saturated rings. The number of nitrogens with zero attached hydrogens (tertiary/aromatic N) is 2. The summed E-state index contributed by atoms with van der Waals surface area (Å²) in [5, 5.41) is 6.53. The summed E-state index contributed by atoms with van der Waals surface area (Å²) in [6.07, 6.45) is 0. The predicted octanol–water partition coefficient (Wildman–Crippen LogP) is -1.68. The van der Waals surface area contributed by atoms with Crippen molar-refractivity contribution in [2.45, 2.75) is 6.04 Å². The maximum Gasteiger partial charge on any atom is 0.236 e. The van der Waals surface area contributed by atoms with Gasteiger partial charge in [-0.05, 0) is 7.05 Å². The van der Waals surface area contributed by atoms with Crippen LogP contribution in [0.2, 0.25) is 0 Å². The molecule has 2 heterocycles. The fourth-order valence-corrected chi connectivity index (χ4v) is 2.09. The number of likely N-dealkylation sites (tertiary alicyclic amines) is 1. The van der Waals surface area contributed by atoms with Crippen molar-refractivity contribution >= 4 is 5.91 Å². The first-order chi connectivity index (χ1) is 7.25. The van der Waals surface area contributed by atoms with Gasteiger partial charge >= 0.3 is 0 Å². The SMILES string of the molecule is CN1CC(NCC(=O)N2CCNCC2)C1. The number of carbonyl (C=O) groups excluding carboxylic acids is 1. The lowest BCUT2D eigenvalue weighted by Gasteiger charge is -2.37. The van der Waals surface area contributed by atoms with E-state index in [0.29, 0.717) is 12.6 Å². The van der Waals surface area contributed by atoms with Crippen LogP contribution in [0.1, 0.15) is 0 Å². The third-order valence-electron chi connectivity index (χ3n) is 3.08. The van der Waals surface area contributed by atoms with Gasteiger partial charge in [-0.1, -0.05) is 0 Å². The van der Waals surface area contributed by atoms with Gasteiger partial charge in [-0.15, -0.1) is 0 Å². The molecule has 2 aliphatic heterocycles. The zero-order valence-electron chi connectivity index (χ0n) is 9.33. The first-order valence-electron chi connectivity index (χ1n) is 5.66. The number of nitrogens with one attached hydrogen (secondary N) is 2. The van der Waals surface area contributed by atoms with Gasteiger partial charge in [0.05, 0.1) is 6.54 Å². The molecule has 0 aliphatic carbocycles. The van der Waals surface area contributed by atoms with E-state index in [9.17, 15) is 4.79 Å². The van der Waals surface area contributed by atoms with E-state index in [1.165, 1.54) is 0 Å². The summed E-state index contributed by atoms with van der Waals surface area (Å²) < 4.78 is 0. The molecule has 0 spiro atoms. The van der Waals surface area contributed by atoms with Gasteiger partial charge in [-0.25, -0.2) is 0 Å². The van der Waals surface area contributed by atoms with E-state index in [2.05, 4.69) is 22.6 Å². The van der Waals surface area contributed by atoms with Crippen molar-refractivity contribution in [2.24, 2.45) is 0 Å². The molecule has 2 aliphatic rings. The number of hydrogen-bond donors (Lipinski definition) is 2. The highest BCUT2D eigenvalue weighted by Gasteiger charge is 2.24. The van der Waals surface area contributed by atoms with Crippen LogP contribution >= 0.6 is 0 Å². The highest BCUT2D eigenvalue weighted by Crippen LogP contribution is 2.03. The second-order valence-corrected chi connectivity index (χ2v) is 4.43. The molecule has 0 radical (unpaired) electrons. The van der Waals surface area contributed by atoms with Crippen LogP contribution in [-0.2, 0) is 4.79 Å². The Bertz CT molecular complexity index is 221. The lowest BCUT2D eigenvalue weighted by Crippen LogP contribution is -2.58. The van der Waals surface area contributed by atoms with E-state index < -0.39 is 0 Å². The summed E-state index contributed by atoms with van der Waals surface area (Å²) in [5.74, 6) is 0.242.